The summed E-state index contributed by atoms with van der Waals surface area (Å²) in [5.74, 6) is -0.361. The predicted molar refractivity (Wildman–Crippen MR) is 107 cm³/mol. The zero-order chi connectivity index (χ0) is 19.1. The molecule has 1 aliphatic rings. The van der Waals surface area contributed by atoms with Crippen molar-refractivity contribution >= 4 is 44.7 Å². The van der Waals surface area contributed by atoms with Gasteiger partial charge in [-0.15, -0.1) is 0 Å². The number of carbonyl (C=O) groups excluding carboxylic acids is 2. The smallest absolute Gasteiger partial charge is 0.247 e. The zero-order valence-corrected chi connectivity index (χ0v) is 16.4. The van der Waals surface area contributed by atoms with Gasteiger partial charge < -0.3 is 9.47 Å². The molecule has 1 aromatic heterocycles. The number of hydrogen-bond donors (Lipinski definition) is 0. The van der Waals surface area contributed by atoms with Crippen LogP contribution < -0.4 is 4.90 Å². The number of amides is 1. The third kappa shape index (κ3) is 3.18. The van der Waals surface area contributed by atoms with Gasteiger partial charge in [-0.25, -0.2) is 4.39 Å². The van der Waals surface area contributed by atoms with Gasteiger partial charge in [-0.05, 0) is 61.7 Å². The van der Waals surface area contributed by atoms with E-state index in [4.69, 9.17) is 0 Å². The molecule has 0 radical (unpaired) electrons. The molecule has 2 aromatic carbocycles. The lowest BCUT2D eigenvalue weighted by Crippen LogP contribution is -2.43. The maximum absolute atomic E-state index is 13.6. The fourth-order valence-electron chi connectivity index (χ4n) is 3.84. The molecule has 138 valence electrons. The Hall–Kier alpha value is -2.47. The van der Waals surface area contributed by atoms with Crippen LogP contribution in [-0.4, -0.2) is 22.8 Å². The molecule has 0 bridgehead atoms. The van der Waals surface area contributed by atoms with E-state index in [0.29, 0.717) is 5.56 Å². The maximum Gasteiger partial charge on any atom is 0.247 e. The molecule has 0 saturated carbocycles. The van der Waals surface area contributed by atoms with Crippen LogP contribution in [0.1, 0.15) is 29.3 Å². The molecule has 0 aliphatic carbocycles. The second-order valence-corrected chi connectivity index (χ2v) is 7.83. The van der Waals surface area contributed by atoms with Gasteiger partial charge in [-0.2, -0.15) is 0 Å². The molecular formula is C21H18BrFN2O2. The standard InChI is InChI=1S/C21H18BrFN2O2/c1-13-2-3-14-8-17(23)5-7-19(14)25(13)21(27)11-24-10-15(12-26)18-9-16(22)4-6-20(18)24/h4-10,12-13H,2-3,11H2,1H3/t13-/m0/s1. The summed E-state index contributed by atoms with van der Waals surface area (Å²) in [6, 6.07) is 10.3. The van der Waals surface area contributed by atoms with Crippen LogP contribution in [0, 0.1) is 5.82 Å². The number of halogens is 2. The van der Waals surface area contributed by atoms with Crippen molar-refractivity contribution in [2.45, 2.75) is 32.4 Å². The van der Waals surface area contributed by atoms with Gasteiger partial charge >= 0.3 is 0 Å². The monoisotopic (exact) mass is 428 g/mol. The lowest BCUT2D eigenvalue weighted by atomic mass is 9.96. The number of benzene rings is 2. The van der Waals surface area contributed by atoms with Crippen molar-refractivity contribution in [3.8, 4) is 0 Å². The average Bonchev–Trinajstić information content (AvgIpc) is 2.98. The molecule has 27 heavy (non-hydrogen) atoms. The van der Waals surface area contributed by atoms with Gasteiger partial charge in [0.2, 0.25) is 5.91 Å². The highest BCUT2D eigenvalue weighted by Crippen LogP contribution is 2.32. The highest BCUT2D eigenvalue weighted by atomic mass is 79.9. The Morgan fingerprint density at radius 2 is 2.11 bits per heavy atom. The van der Waals surface area contributed by atoms with Crippen LogP contribution in [0.15, 0.2) is 47.1 Å². The molecule has 0 unspecified atom stereocenters. The largest absolute Gasteiger partial charge is 0.337 e. The van der Waals surface area contributed by atoms with E-state index in [2.05, 4.69) is 15.9 Å². The molecule has 1 atom stereocenters. The molecule has 4 nitrogen and oxygen atoms in total. The van der Waals surface area contributed by atoms with Crippen molar-refractivity contribution in [3.05, 3.63) is 64.0 Å². The average molecular weight is 429 g/mol. The summed E-state index contributed by atoms with van der Waals surface area (Å²) in [4.78, 5) is 26.3. The van der Waals surface area contributed by atoms with Crippen LogP contribution in [0.3, 0.4) is 0 Å². The second-order valence-electron chi connectivity index (χ2n) is 6.92. The lowest BCUT2D eigenvalue weighted by Gasteiger charge is -2.35. The quantitative estimate of drug-likeness (QED) is 0.566. The van der Waals surface area contributed by atoms with E-state index in [1.807, 2.05) is 25.1 Å². The number of aromatic nitrogens is 1. The Morgan fingerprint density at radius 3 is 2.89 bits per heavy atom. The Kier molecular flexibility index (Phi) is 4.60. The number of rotatable bonds is 3. The van der Waals surface area contributed by atoms with Crippen LogP contribution in [0.25, 0.3) is 10.9 Å². The minimum Gasteiger partial charge on any atom is -0.337 e. The molecule has 1 aliphatic heterocycles. The SMILES string of the molecule is C[C@H]1CCc2cc(F)ccc2N1C(=O)Cn1cc(C=O)c2cc(Br)ccc21. The van der Waals surface area contributed by atoms with Crippen molar-refractivity contribution < 1.29 is 14.0 Å². The van der Waals surface area contributed by atoms with Crippen molar-refractivity contribution in [3.63, 3.8) is 0 Å². The fraction of sp³-hybridized carbons (Fsp3) is 0.238. The summed E-state index contributed by atoms with van der Waals surface area (Å²) in [6.07, 6.45) is 4.06. The zero-order valence-electron chi connectivity index (χ0n) is 14.8. The van der Waals surface area contributed by atoms with Crippen LogP contribution >= 0.6 is 15.9 Å². The molecule has 4 rings (SSSR count). The molecule has 0 saturated heterocycles. The summed E-state index contributed by atoms with van der Waals surface area (Å²) in [7, 11) is 0. The van der Waals surface area contributed by atoms with Gasteiger partial charge in [0.25, 0.3) is 0 Å². The molecule has 0 N–H and O–H groups in total. The first kappa shape index (κ1) is 17.9. The van der Waals surface area contributed by atoms with Crippen molar-refractivity contribution in [2.24, 2.45) is 0 Å². The Bertz CT molecular complexity index is 1060. The third-order valence-electron chi connectivity index (χ3n) is 5.15. The summed E-state index contributed by atoms with van der Waals surface area (Å²) in [6.45, 7) is 2.12. The fourth-order valence-corrected chi connectivity index (χ4v) is 4.21. The number of anilines is 1. The second kappa shape index (κ2) is 6.93. The van der Waals surface area contributed by atoms with E-state index in [0.717, 1.165) is 45.8 Å². The van der Waals surface area contributed by atoms with Gasteiger partial charge in [0.05, 0.1) is 0 Å². The van der Waals surface area contributed by atoms with E-state index in [9.17, 15) is 14.0 Å². The van der Waals surface area contributed by atoms with Crippen molar-refractivity contribution in [1.82, 2.24) is 4.57 Å². The first-order chi connectivity index (χ1) is 13.0. The van der Waals surface area contributed by atoms with Gasteiger partial charge in [0.1, 0.15) is 12.4 Å². The molecule has 1 amide bonds. The predicted octanol–water partition coefficient (Wildman–Crippen LogP) is 4.72. The van der Waals surface area contributed by atoms with E-state index in [-0.39, 0.29) is 24.3 Å². The minimum absolute atomic E-state index is 0.0389. The molecule has 0 spiro atoms. The van der Waals surface area contributed by atoms with Crippen LogP contribution in [0.2, 0.25) is 0 Å². The van der Waals surface area contributed by atoms with E-state index < -0.39 is 0 Å². The Balaban J connectivity index is 1.71. The molecular weight excluding hydrogens is 411 g/mol. The summed E-state index contributed by atoms with van der Waals surface area (Å²) >= 11 is 3.42. The third-order valence-corrected chi connectivity index (χ3v) is 5.64. The van der Waals surface area contributed by atoms with Crippen LogP contribution in [-0.2, 0) is 17.8 Å². The topological polar surface area (TPSA) is 42.3 Å². The highest BCUT2D eigenvalue weighted by Gasteiger charge is 2.28. The first-order valence-corrected chi connectivity index (χ1v) is 9.61. The Labute approximate surface area is 164 Å². The number of aryl methyl sites for hydroxylation is 1. The van der Waals surface area contributed by atoms with E-state index >= 15 is 0 Å². The first-order valence-electron chi connectivity index (χ1n) is 8.82. The Morgan fingerprint density at radius 1 is 1.30 bits per heavy atom. The van der Waals surface area contributed by atoms with Gasteiger partial charge in [-0.1, -0.05) is 15.9 Å². The van der Waals surface area contributed by atoms with Crippen molar-refractivity contribution in [1.29, 1.82) is 0 Å². The van der Waals surface area contributed by atoms with Gasteiger partial charge in [0.15, 0.2) is 6.29 Å². The van der Waals surface area contributed by atoms with E-state index in [1.54, 1.807) is 21.7 Å². The highest BCUT2D eigenvalue weighted by molar-refractivity contribution is 9.10. The normalized spacial score (nSPS) is 16.4. The summed E-state index contributed by atoms with van der Waals surface area (Å²) < 4.78 is 16.3. The van der Waals surface area contributed by atoms with Gasteiger partial charge in [-0.3, -0.25) is 9.59 Å². The number of aldehydes is 1. The summed E-state index contributed by atoms with van der Waals surface area (Å²) in [5.41, 5.74) is 3.01. The van der Waals surface area contributed by atoms with Crippen LogP contribution in [0.5, 0.6) is 0 Å². The van der Waals surface area contributed by atoms with Gasteiger partial charge in [0, 0.05) is 38.9 Å². The molecule has 6 heteroatoms. The molecule has 3 aromatic rings. The summed E-state index contributed by atoms with van der Waals surface area (Å²) in [5, 5.41) is 0.807. The van der Waals surface area contributed by atoms with Crippen molar-refractivity contribution in [2.75, 3.05) is 4.90 Å². The molecule has 0 fully saturated rings. The van der Waals surface area contributed by atoms with Crippen LogP contribution in [0.4, 0.5) is 10.1 Å². The lowest BCUT2D eigenvalue weighted by molar-refractivity contribution is -0.119. The minimum atomic E-state index is -0.284. The maximum atomic E-state index is 13.6. The number of fused-ring (bicyclic) bond motifs is 2. The number of nitrogens with zero attached hydrogens (tertiary/aromatic N) is 2. The van der Waals surface area contributed by atoms with E-state index in [1.165, 1.54) is 12.1 Å². The molecule has 2 heterocycles. The number of hydrogen-bond acceptors (Lipinski definition) is 2. The number of carbonyl (C=O) groups is 2.